The van der Waals surface area contributed by atoms with Crippen LogP contribution in [0.3, 0.4) is 0 Å². The summed E-state index contributed by atoms with van der Waals surface area (Å²) in [6.45, 7) is 1.47. The quantitative estimate of drug-likeness (QED) is 0.250. The summed E-state index contributed by atoms with van der Waals surface area (Å²) in [7, 11) is 0. The second kappa shape index (κ2) is 15.7. The van der Waals surface area contributed by atoms with Crippen molar-refractivity contribution < 1.29 is 13.2 Å². The number of piperidine rings is 1. The van der Waals surface area contributed by atoms with Crippen LogP contribution in [0.25, 0.3) is 11.2 Å². The van der Waals surface area contributed by atoms with Crippen molar-refractivity contribution >= 4 is 77.0 Å². The van der Waals surface area contributed by atoms with Crippen LogP contribution in [0.15, 0.2) is 30.6 Å². The average Bonchev–Trinajstić information content (AvgIpc) is 3.61. The van der Waals surface area contributed by atoms with Crippen LogP contribution in [-0.2, 0) is 12.6 Å². The summed E-state index contributed by atoms with van der Waals surface area (Å²) in [5.74, 6) is 1.57. The first-order chi connectivity index (χ1) is 19.3. The monoisotopic (exact) mass is 725 g/mol. The molecule has 1 saturated heterocycles. The Kier molecular flexibility index (Phi) is 13.2. The second-order valence-corrected chi connectivity index (χ2v) is 13.8. The average molecular weight is 727 g/mol. The third-order valence-electron chi connectivity index (χ3n) is 8.95. The number of nitrogens with zero attached hydrogens (tertiary/aromatic N) is 5. The van der Waals surface area contributed by atoms with Crippen LogP contribution in [0.4, 0.5) is 24.9 Å². The number of hydrazine groups is 1. The van der Waals surface area contributed by atoms with E-state index in [2.05, 4.69) is 20.3 Å². The van der Waals surface area contributed by atoms with E-state index in [9.17, 15) is 13.2 Å². The van der Waals surface area contributed by atoms with Crippen LogP contribution >= 0.6 is 37.2 Å². The number of alkyl halides is 3. The predicted molar refractivity (Wildman–Crippen MR) is 176 cm³/mol. The number of halogens is 6. The first kappa shape index (κ1) is 36.0. The van der Waals surface area contributed by atoms with Crippen molar-refractivity contribution in [3.05, 3.63) is 41.7 Å². The summed E-state index contributed by atoms with van der Waals surface area (Å²) in [6, 6.07) is 6.79. The maximum atomic E-state index is 13.5. The van der Waals surface area contributed by atoms with E-state index >= 15 is 0 Å². The number of aromatic nitrogens is 4. The Balaban J connectivity index is 0.00000169. The number of hydrogen-bond acceptors (Lipinski definition) is 6. The Morgan fingerprint density at radius 3 is 2.23 bits per heavy atom. The van der Waals surface area contributed by atoms with Gasteiger partial charge in [-0.3, -0.25) is 0 Å². The first-order valence-electron chi connectivity index (χ1n) is 14.8. The zero-order chi connectivity index (χ0) is 27.7. The molecule has 14 heteroatoms. The molecular weight excluding hydrogens is 685 g/mol. The van der Waals surface area contributed by atoms with Crippen molar-refractivity contribution in [2.24, 2.45) is 5.92 Å². The van der Waals surface area contributed by atoms with Gasteiger partial charge >= 0.3 is 182 Å². The third kappa shape index (κ3) is 8.63. The summed E-state index contributed by atoms with van der Waals surface area (Å²) >= 11 is 1.84. The molecular formula is C29H42AsCl3F3N7. The fourth-order valence-electron chi connectivity index (χ4n) is 6.64. The Morgan fingerprint density at radius 2 is 1.56 bits per heavy atom. The normalized spacial score (nSPS) is 22.0. The standard InChI is InChI=1S/C29H39AsF3N7.3ClH/c30-21-9-11-22(12-10-21)35-28-36-26(25-27(37-28)40(18-34-25)23-6-2-3-7-23)38-39-15-13-19(14-16-39)17-20-5-1-4-8-24(20)29(31,32)33;;;/h1,4-5,8,18-19,21-23H,2-3,6-7,9-17,30H2,(H2,35,36,37,38);3*1H. The molecule has 240 valence electrons. The van der Waals surface area contributed by atoms with E-state index in [0.717, 1.165) is 67.5 Å². The number of hydrogen-bond donors (Lipinski definition) is 2. The van der Waals surface area contributed by atoms with Gasteiger partial charge in [0.05, 0.1) is 5.56 Å². The van der Waals surface area contributed by atoms with Crippen molar-refractivity contribution in [3.63, 3.8) is 0 Å². The molecule has 1 unspecified atom stereocenters. The fourth-order valence-corrected chi connectivity index (χ4v) is 7.45. The van der Waals surface area contributed by atoms with Crippen LogP contribution in [0, 0.1) is 5.92 Å². The van der Waals surface area contributed by atoms with E-state index in [-0.39, 0.29) is 43.1 Å². The molecule has 0 radical (unpaired) electrons. The molecule has 6 rings (SSSR count). The number of imidazole rings is 1. The van der Waals surface area contributed by atoms with Gasteiger partial charge in [0, 0.05) is 0 Å². The van der Waals surface area contributed by atoms with Gasteiger partial charge in [-0.05, 0) is 24.0 Å². The van der Waals surface area contributed by atoms with Gasteiger partial charge in [0.25, 0.3) is 0 Å². The van der Waals surface area contributed by atoms with Gasteiger partial charge in [0.2, 0.25) is 0 Å². The number of nitrogens with one attached hydrogen (secondary N) is 2. The summed E-state index contributed by atoms with van der Waals surface area (Å²) in [4.78, 5) is 14.6. The molecule has 7 nitrogen and oxygen atoms in total. The van der Waals surface area contributed by atoms with Crippen LogP contribution in [-0.4, -0.2) is 60.5 Å². The van der Waals surface area contributed by atoms with Crippen LogP contribution in [0.1, 0.15) is 81.4 Å². The van der Waals surface area contributed by atoms with E-state index in [1.807, 2.05) is 23.2 Å². The second-order valence-electron chi connectivity index (χ2n) is 11.8. The topological polar surface area (TPSA) is 70.9 Å². The molecule has 43 heavy (non-hydrogen) atoms. The van der Waals surface area contributed by atoms with Gasteiger partial charge in [-0.15, -0.1) is 37.2 Å². The molecule has 3 aliphatic rings. The van der Waals surface area contributed by atoms with E-state index in [4.69, 9.17) is 15.0 Å². The summed E-state index contributed by atoms with van der Waals surface area (Å²) in [6.07, 6.45) is 9.20. The first-order valence-corrected chi connectivity index (χ1v) is 16.2. The summed E-state index contributed by atoms with van der Waals surface area (Å²) in [5.41, 5.74) is 5.06. The van der Waals surface area contributed by atoms with Gasteiger partial charge < -0.3 is 0 Å². The van der Waals surface area contributed by atoms with Gasteiger partial charge in [-0.25, -0.2) is 0 Å². The molecule has 3 heterocycles. The molecule has 1 aliphatic heterocycles. The third-order valence-corrected chi connectivity index (χ3v) is 10.4. The molecule has 1 atom stereocenters. The summed E-state index contributed by atoms with van der Waals surface area (Å²) in [5, 5.41) is 5.76. The zero-order valence-corrected chi connectivity index (χ0v) is 28.9. The minimum atomic E-state index is -4.32. The molecule has 0 spiro atoms. The molecule has 0 amide bonds. The molecule has 2 N–H and O–H groups in total. The number of anilines is 2. The van der Waals surface area contributed by atoms with Crippen LogP contribution < -0.4 is 10.7 Å². The molecule has 3 aromatic rings. The SMILES string of the molecule is Cl.Cl.Cl.FC(F)(F)c1ccccc1CC1CCN(Nc2nc(NC3CCC([AsH2])CC3)nc3c2ncn3C2CCCC2)CC1. The van der Waals surface area contributed by atoms with Gasteiger partial charge in [0.1, 0.15) is 0 Å². The predicted octanol–water partition coefficient (Wildman–Crippen LogP) is 7.28. The van der Waals surface area contributed by atoms with Gasteiger partial charge in [0.15, 0.2) is 0 Å². The van der Waals surface area contributed by atoms with Gasteiger partial charge in [-0.1, -0.05) is 18.2 Å². The van der Waals surface area contributed by atoms with Crippen molar-refractivity contribution in [1.82, 2.24) is 24.5 Å². The fraction of sp³-hybridized carbons (Fsp3) is 0.621. The Labute approximate surface area is 278 Å². The Bertz CT molecular complexity index is 1310. The molecule has 1 aromatic carbocycles. The molecule has 2 saturated carbocycles. The minimum absolute atomic E-state index is 0. The van der Waals surface area contributed by atoms with Crippen LogP contribution in [0.5, 0.6) is 0 Å². The number of benzene rings is 1. The summed E-state index contributed by atoms with van der Waals surface area (Å²) < 4.78 is 43.5. The molecule has 2 aromatic heterocycles. The van der Waals surface area contributed by atoms with Crippen molar-refractivity contribution in [2.75, 3.05) is 23.8 Å². The van der Waals surface area contributed by atoms with E-state index in [1.54, 1.807) is 12.1 Å². The van der Waals surface area contributed by atoms with Crippen LogP contribution in [0.2, 0.25) is 4.71 Å². The van der Waals surface area contributed by atoms with E-state index < -0.39 is 11.7 Å². The maximum absolute atomic E-state index is 13.5. The number of fused-ring (bicyclic) bond motifs is 1. The molecule has 3 fully saturated rings. The van der Waals surface area contributed by atoms with Crippen molar-refractivity contribution in [3.8, 4) is 0 Å². The number of rotatable bonds is 7. The van der Waals surface area contributed by atoms with Gasteiger partial charge in [-0.2, -0.15) is 13.2 Å². The molecule has 2 aliphatic carbocycles. The Morgan fingerprint density at radius 1 is 0.884 bits per heavy atom. The van der Waals surface area contributed by atoms with Crippen molar-refractivity contribution in [2.45, 2.75) is 93.6 Å². The van der Waals surface area contributed by atoms with E-state index in [0.29, 0.717) is 35.8 Å². The van der Waals surface area contributed by atoms with Crippen molar-refractivity contribution in [1.29, 1.82) is 0 Å². The Hall–Kier alpha value is -1.45. The zero-order valence-electron chi connectivity index (χ0n) is 24.1. The van der Waals surface area contributed by atoms with E-state index in [1.165, 1.54) is 37.8 Å². The molecule has 0 bridgehead atoms.